The van der Waals surface area contributed by atoms with Gasteiger partial charge in [0.2, 0.25) is 5.91 Å². The van der Waals surface area contributed by atoms with Gasteiger partial charge >= 0.3 is 0 Å². The minimum absolute atomic E-state index is 0.0166. The zero-order chi connectivity index (χ0) is 26.4. The molecule has 1 aliphatic heterocycles. The van der Waals surface area contributed by atoms with Crippen molar-refractivity contribution >= 4 is 44.8 Å². The Morgan fingerprint density at radius 1 is 0.919 bits per heavy atom. The van der Waals surface area contributed by atoms with Crippen LogP contribution in [0.5, 0.6) is 0 Å². The van der Waals surface area contributed by atoms with Crippen LogP contribution < -0.4 is 9.62 Å². The maximum absolute atomic E-state index is 13.6. The number of nitrogens with one attached hydrogen (secondary N) is 1. The first kappa shape index (κ1) is 26.7. The fourth-order valence-corrected chi connectivity index (χ4v) is 5.91. The van der Waals surface area contributed by atoms with E-state index in [2.05, 4.69) is 5.32 Å². The van der Waals surface area contributed by atoms with E-state index in [0.29, 0.717) is 35.1 Å². The Hall–Kier alpha value is -3.36. The number of rotatable bonds is 7. The van der Waals surface area contributed by atoms with Gasteiger partial charge in [-0.3, -0.25) is 13.9 Å². The van der Waals surface area contributed by atoms with Gasteiger partial charge in [0.1, 0.15) is 6.54 Å². The first-order valence-corrected chi connectivity index (χ1v) is 14.1. The molecular weight excluding hydrogens is 510 g/mol. The maximum Gasteiger partial charge on any atom is 0.264 e. The second-order valence-electron chi connectivity index (χ2n) is 9.10. The van der Waals surface area contributed by atoms with Crippen LogP contribution in [0.2, 0.25) is 5.02 Å². The minimum atomic E-state index is -4.08. The molecule has 3 aromatic carbocycles. The lowest BCUT2D eigenvalue weighted by molar-refractivity contribution is -0.114. The molecule has 0 atom stereocenters. The number of aryl methyl sites for hydroxylation is 1. The molecule has 1 saturated heterocycles. The summed E-state index contributed by atoms with van der Waals surface area (Å²) in [6, 6.07) is 19.6. The molecule has 1 aliphatic rings. The highest BCUT2D eigenvalue weighted by Gasteiger charge is 2.28. The van der Waals surface area contributed by atoms with Crippen molar-refractivity contribution in [1.82, 2.24) is 4.90 Å². The molecule has 4 rings (SSSR count). The van der Waals surface area contributed by atoms with Gasteiger partial charge in [-0.1, -0.05) is 48.7 Å². The number of hydrogen-bond donors (Lipinski definition) is 1. The zero-order valence-corrected chi connectivity index (χ0v) is 22.3. The van der Waals surface area contributed by atoms with Gasteiger partial charge in [0.25, 0.3) is 15.9 Å². The summed E-state index contributed by atoms with van der Waals surface area (Å²) in [6.07, 6.45) is 4.10. The Bertz CT molecular complexity index is 1370. The van der Waals surface area contributed by atoms with Crippen LogP contribution >= 0.6 is 11.6 Å². The molecule has 1 heterocycles. The average molecular weight is 540 g/mol. The molecule has 3 aromatic rings. The van der Waals surface area contributed by atoms with E-state index in [9.17, 15) is 18.0 Å². The topological polar surface area (TPSA) is 86.8 Å². The summed E-state index contributed by atoms with van der Waals surface area (Å²) in [5, 5.41) is 3.19. The molecule has 7 nitrogen and oxygen atoms in total. The van der Waals surface area contributed by atoms with Gasteiger partial charge < -0.3 is 10.2 Å². The quantitative estimate of drug-likeness (QED) is 0.429. The van der Waals surface area contributed by atoms with Crippen LogP contribution in [-0.2, 0) is 14.8 Å². The third kappa shape index (κ3) is 6.50. The summed E-state index contributed by atoms with van der Waals surface area (Å²) in [5.74, 6) is -0.697. The van der Waals surface area contributed by atoms with Crippen LogP contribution in [0.1, 0.15) is 41.6 Å². The molecule has 1 fully saturated rings. The summed E-state index contributed by atoms with van der Waals surface area (Å²) < 4.78 is 28.3. The molecule has 0 saturated carbocycles. The van der Waals surface area contributed by atoms with Crippen molar-refractivity contribution in [2.75, 3.05) is 29.3 Å². The Labute approximate surface area is 223 Å². The number of para-hydroxylation sites is 1. The van der Waals surface area contributed by atoms with Crippen LogP contribution in [0.15, 0.2) is 77.7 Å². The average Bonchev–Trinajstić information content (AvgIpc) is 3.17. The third-order valence-electron chi connectivity index (χ3n) is 6.30. The number of likely N-dealkylation sites (tertiary alicyclic amines) is 1. The summed E-state index contributed by atoms with van der Waals surface area (Å²) >= 11 is 5.96. The molecule has 194 valence electrons. The van der Waals surface area contributed by atoms with Gasteiger partial charge in [0.15, 0.2) is 0 Å². The van der Waals surface area contributed by atoms with Crippen LogP contribution in [0.4, 0.5) is 11.4 Å². The number of hydrogen-bond acceptors (Lipinski definition) is 4. The Balaban J connectivity index is 1.61. The van der Waals surface area contributed by atoms with E-state index in [4.69, 9.17) is 11.6 Å². The van der Waals surface area contributed by atoms with Crippen molar-refractivity contribution in [2.24, 2.45) is 0 Å². The standard InChI is InChI=1S/C28H30ClN3O4S/c1-21-9-8-10-23(19-21)32(37(35,36)24-15-13-22(29)14-16-24)20-27(33)30-26-12-5-4-11-25(26)28(34)31-17-6-2-3-7-18-31/h4-5,8-16,19H,2-3,6-7,17-18,20H2,1H3,(H,30,33). The number of amides is 2. The summed E-state index contributed by atoms with van der Waals surface area (Å²) in [6.45, 7) is 2.74. The fraction of sp³-hybridized carbons (Fsp3) is 0.286. The lowest BCUT2D eigenvalue weighted by Crippen LogP contribution is -2.38. The molecule has 37 heavy (non-hydrogen) atoms. The van der Waals surface area contributed by atoms with Crippen LogP contribution in [0.25, 0.3) is 0 Å². The molecule has 0 unspecified atom stereocenters. The first-order valence-electron chi connectivity index (χ1n) is 12.3. The SMILES string of the molecule is Cc1cccc(N(CC(=O)Nc2ccccc2C(=O)N2CCCCCC2)S(=O)(=O)c2ccc(Cl)cc2)c1. The summed E-state index contributed by atoms with van der Waals surface area (Å²) in [5.41, 5.74) is 1.96. The predicted molar refractivity (Wildman–Crippen MR) is 147 cm³/mol. The third-order valence-corrected chi connectivity index (χ3v) is 8.34. The van der Waals surface area contributed by atoms with Gasteiger partial charge in [0, 0.05) is 18.1 Å². The zero-order valence-electron chi connectivity index (χ0n) is 20.7. The van der Waals surface area contributed by atoms with Gasteiger partial charge in [-0.05, 0) is 73.9 Å². The van der Waals surface area contributed by atoms with Gasteiger partial charge in [-0.25, -0.2) is 8.42 Å². The van der Waals surface area contributed by atoms with E-state index in [1.165, 1.54) is 24.3 Å². The second-order valence-corrected chi connectivity index (χ2v) is 11.4. The molecule has 1 N–H and O–H groups in total. The van der Waals surface area contributed by atoms with Crippen molar-refractivity contribution in [3.8, 4) is 0 Å². The molecule has 9 heteroatoms. The minimum Gasteiger partial charge on any atom is -0.339 e. The van der Waals surface area contributed by atoms with E-state index < -0.39 is 22.5 Å². The fourth-order valence-electron chi connectivity index (χ4n) is 4.37. The number of sulfonamides is 1. The first-order chi connectivity index (χ1) is 17.8. The van der Waals surface area contributed by atoms with Crippen molar-refractivity contribution < 1.29 is 18.0 Å². The molecule has 0 aliphatic carbocycles. The van der Waals surface area contributed by atoms with Crippen molar-refractivity contribution in [3.63, 3.8) is 0 Å². The molecule has 2 amide bonds. The Morgan fingerprint density at radius 3 is 2.27 bits per heavy atom. The lowest BCUT2D eigenvalue weighted by atomic mass is 10.1. The number of halogens is 1. The summed E-state index contributed by atoms with van der Waals surface area (Å²) in [4.78, 5) is 28.4. The highest BCUT2D eigenvalue weighted by atomic mass is 35.5. The monoisotopic (exact) mass is 539 g/mol. The molecule has 0 aromatic heterocycles. The van der Waals surface area contributed by atoms with Crippen LogP contribution in [0.3, 0.4) is 0 Å². The molecule has 0 spiro atoms. The number of anilines is 2. The number of benzene rings is 3. The Kier molecular flexibility index (Phi) is 8.51. The normalized spacial score (nSPS) is 14.1. The van der Waals surface area contributed by atoms with E-state index >= 15 is 0 Å². The van der Waals surface area contributed by atoms with E-state index in [1.807, 2.05) is 17.9 Å². The molecule has 0 bridgehead atoms. The van der Waals surface area contributed by atoms with E-state index in [1.54, 1.807) is 42.5 Å². The molecular formula is C28H30ClN3O4S. The molecule has 0 radical (unpaired) electrons. The lowest BCUT2D eigenvalue weighted by Gasteiger charge is -2.25. The number of carbonyl (C=O) groups excluding carboxylic acids is 2. The summed E-state index contributed by atoms with van der Waals surface area (Å²) in [7, 11) is -4.08. The number of nitrogens with zero attached hydrogens (tertiary/aromatic N) is 2. The van der Waals surface area contributed by atoms with Crippen molar-refractivity contribution in [1.29, 1.82) is 0 Å². The highest BCUT2D eigenvalue weighted by molar-refractivity contribution is 7.92. The van der Waals surface area contributed by atoms with Crippen molar-refractivity contribution in [2.45, 2.75) is 37.5 Å². The largest absolute Gasteiger partial charge is 0.339 e. The second kappa shape index (κ2) is 11.8. The van der Waals surface area contributed by atoms with E-state index in [-0.39, 0.29) is 10.8 Å². The smallest absolute Gasteiger partial charge is 0.264 e. The van der Waals surface area contributed by atoms with Crippen LogP contribution in [0, 0.1) is 6.92 Å². The van der Waals surface area contributed by atoms with Gasteiger partial charge in [-0.2, -0.15) is 0 Å². The van der Waals surface area contributed by atoms with Crippen molar-refractivity contribution in [3.05, 3.63) is 88.9 Å². The Morgan fingerprint density at radius 2 is 1.59 bits per heavy atom. The van der Waals surface area contributed by atoms with Gasteiger partial charge in [-0.15, -0.1) is 0 Å². The maximum atomic E-state index is 13.6. The van der Waals surface area contributed by atoms with Gasteiger partial charge in [0.05, 0.1) is 21.8 Å². The van der Waals surface area contributed by atoms with Crippen LogP contribution in [-0.4, -0.2) is 44.8 Å². The van der Waals surface area contributed by atoms with E-state index in [0.717, 1.165) is 35.6 Å². The highest BCUT2D eigenvalue weighted by Crippen LogP contribution is 2.26. The number of carbonyl (C=O) groups is 2. The predicted octanol–water partition coefficient (Wildman–Crippen LogP) is 5.50.